The molecule has 4 aromatic rings. The van der Waals surface area contributed by atoms with Crippen LogP contribution in [0.4, 0.5) is 17.1 Å². The van der Waals surface area contributed by atoms with E-state index in [1.54, 1.807) is 7.11 Å². The Morgan fingerprint density at radius 2 is 1.79 bits per heavy atom. The molecule has 1 fully saturated rings. The summed E-state index contributed by atoms with van der Waals surface area (Å²) in [6, 6.07) is 22.6. The van der Waals surface area contributed by atoms with Gasteiger partial charge in [-0.05, 0) is 94.0 Å². The molecule has 11 heteroatoms. The number of carbonyl (C=O) groups excluding carboxylic acids is 2. The summed E-state index contributed by atoms with van der Waals surface area (Å²) < 4.78 is 14.8. The third-order valence-corrected chi connectivity index (χ3v) is 16.8. The summed E-state index contributed by atoms with van der Waals surface area (Å²) >= 11 is 0. The van der Waals surface area contributed by atoms with Crippen LogP contribution in [-0.2, 0) is 39.3 Å². The van der Waals surface area contributed by atoms with Gasteiger partial charge in [-0.15, -0.1) is 5.10 Å². The normalized spacial score (nSPS) is 22.0. The molecule has 1 aromatic heterocycles. The Morgan fingerprint density at radius 3 is 2.53 bits per heavy atom. The van der Waals surface area contributed by atoms with Crippen molar-refractivity contribution in [3.63, 3.8) is 0 Å². The van der Waals surface area contributed by atoms with Crippen molar-refractivity contribution in [1.82, 2.24) is 15.0 Å². The van der Waals surface area contributed by atoms with E-state index >= 15 is 4.79 Å². The second-order valence-corrected chi connectivity index (χ2v) is 21.4. The minimum absolute atomic E-state index is 0.00692. The maximum Gasteiger partial charge on any atom is 0.264 e. The molecule has 10 nitrogen and oxygen atoms in total. The molecule has 0 unspecified atom stereocenters. The van der Waals surface area contributed by atoms with E-state index in [0.29, 0.717) is 38.8 Å². The molecule has 0 saturated carbocycles. The lowest BCUT2D eigenvalue weighted by Gasteiger charge is -2.37. The van der Waals surface area contributed by atoms with Crippen molar-refractivity contribution in [3.8, 4) is 5.75 Å². The van der Waals surface area contributed by atoms with Gasteiger partial charge in [0, 0.05) is 55.9 Å². The van der Waals surface area contributed by atoms with E-state index in [4.69, 9.17) is 9.47 Å². The van der Waals surface area contributed by atoms with Gasteiger partial charge in [-0.25, -0.2) is 0 Å². The summed E-state index contributed by atoms with van der Waals surface area (Å²) in [5.41, 5.74) is 6.43. The van der Waals surface area contributed by atoms with Crippen LogP contribution in [0.5, 0.6) is 5.75 Å². The van der Waals surface area contributed by atoms with Crippen molar-refractivity contribution in [2.45, 2.75) is 103 Å². The Balaban J connectivity index is 1.34. The lowest BCUT2D eigenvalue weighted by Crippen LogP contribution is -2.52. The van der Waals surface area contributed by atoms with Crippen molar-refractivity contribution in [2.24, 2.45) is 5.92 Å². The summed E-state index contributed by atoms with van der Waals surface area (Å²) in [6.45, 7) is 14.3. The minimum atomic E-state index is -2.40. The third-order valence-electron chi connectivity index (χ3n) is 12.5. The number of hydrogen-bond acceptors (Lipinski definition) is 7. The van der Waals surface area contributed by atoms with Crippen LogP contribution in [0.3, 0.4) is 0 Å². The lowest BCUT2D eigenvalue weighted by molar-refractivity contribution is -0.145. The lowest BCUT2D eigenvalue weighted by atomic mass is 9.82. The van der Waals surface area contributed by atoms with E-state index in [0.717, 1.165) is 52.5 Å². The fraction of sp³-hybridized carbons (Fsp3) is 0.435. The number of ether oxygens (including phenoxy) is 2. The van der Waals surface area contributed by atoms with Gasteiger partial charge in [0.2, 0.25) is 5.91 Å². The molecule has 0 bridgehead atoms. The smallest absolute Gasteiger partial charge is 0.264 e. The number of anilines is 3. The summed E-state index contributed by atoms with van der Waals surface area (Å²) in [5, 5.41) is 19.4. The molecule has 0 aliphatic carbocycles. The van der Waals surface area contributed by atoms with Crippen LogP contribution in [0.25, 0.3) is 0 Å². The number of aromatic nitrogens is 3. The topological polar surface area (TPSA) is 110 Å². The van der Waals surface area contributed by atoms with E-state index in [1.165, 1.54) is 16.3 Å². The van der Waals surface area contributed by atoms with Gasteiger partial charge in [0.05, 0.1) is 38.4 Å². The first-order chi connectivity index (χ1) is 27.4. The molecule has 300 valence electrons. The molecule has 1 N–H and O–H groups in total. The van der Waals surface area contributed by atoms with Crippen molar-refractivity contribution in [2.75, 3.05) is 30.1 Å². The zero-order chi connectivity index (χ0) is 40.5. The number of carbonyl (C=O) groups is 2. The van der Waals surface area contributed by atoms with Gasteiger partial charge in [-0.3, -0.25) is 19.2 Å². The molecule has 4 heterocycles. The fourth-order valence-electron chi connectivity index (χ4n) is 9.48. The molecule has 3 aliphatic rings. The molecule has 3 aromatic carbocycles. The monoisotopic (exact) mass is 787 g/mol. The van der Waals surface area contributed by atoms with Crippen LogP contribution in [0, 0.1) is 5.92 Å². The van der Waals surface area contributed by atoms with Crippen molar-refractivity contribution < 1.29 is 24.2 Å². The number of nitrogens with zero attached hydrogens (tertiary/aromatic N) is 5. The minimum Gasteiger partial charge on any atom is -0.497 e. The Bertz CT molecular complexity index is 2170. The van der Waals surface area contributed by atoms with Gasteiger partial charge in [-0.2, -0.15) is 0 Å². The van der Waals surface area contributed by atoms with Crippen LogP contribution >= 0.6 is 0 Å². The zero-order valence-corrected chi connectivity index (χ0v) is 35.5. The zero-order valence-electron chi connectivity index (χ0n) is 34.5. The van der Waals surface area contributed by atoms with Crippen molar-refractivity contribution >= 4 is 42.1 Å². The first-order valence-electron chi connectivity index (χ1n) is 20.4. The van der Waals surface area contributed by atoms with Crippen LogP contribution in [0.1, 0.15) is 70.2 Å². The number of aliphatic hydroxyl groups excluding tert-OH is 1. The molecular formula is C46H57N5O5Si. The number of allylic oxidation sites excluding steroid dienone is 3. The number of aliphatic hydroxyl groups is 1. The predicted molar refractivity (Wildman–Crippen MR) is 228 cm³/mol. The molecule has 2 amide bonds. The summed E-state index contributed by atoms with van der Waals surface area (Å²) in [7, 11) is -0.717. The summed E-state index contributed by atoms with van der Waals surface area (Å²) in [5.74, 6) is 0.582. The van der Waals surface area contributed by atoms with Gasteiger partial charge in [0.15, 0.2) is 5.60 Å². The molecule has 0 radical (unpaired) electrons. The number of para-hydroxylation sites is 1. The molecular weight excluding hydrogens is 731 g/mol. The van der Waals surface area contributed by atoms with Gasteiger partial charge in [0.25, 0.3) is 5.91 Å². The number of fused-ring (bicyclic) bond motifs is 3. The molecule has 1 spiro atoms. The SMILES string of the molecule is COc1ccc([Si](C)(C)[C@H]2[C@H](CCn3cc(CCO)nn3)O[C@@]3(C(=O)N(C/C=C(\C)CCC=C(C)C)c4ccc(N5C(=O)CCc6ccccc65)cc43)[C@@H]2C)cc1. The Morgan fingerprint density at radius 1 is 1.02 bits per heavy atom. The number of amides is 2. The molecule has 4 atom stereocenters. The summed E-state index contributed by atoms with van der Waals surface area (Å²) in [4.78, 5) is 33.0. The van der Waals surface area contributed by atoms with E-state index in [9.17, 15) is 9.90 Å². The number of methoxy groups -OCH3 is 1. The molecule has 7 rings (SSSR count). The number of hydrogen-bond donors (Lipinski definition) is 1. The standard InChI is InChI=1S/C46H57N5O5Si/c1-31(2)11-10-12-32(3)23-27-50-41-21-16-36(51-40-14-9-8-13-34(40)15-22-43(51)53)29-39(41)46(45(50)54)33(4)44(57(6,7)38-19-17-37(55-5)18-20-38)42(56-46)24-26-49-30-35(25-28-52)47-48-49/h8-9,11,13-14,16-21,23,29-30,33,42,44,52H,10,12,15,22,24-28H2,1-7H3/b32-23+/t33-,42+,44-,46+/m1/s1. The van der Waals surface area contributed by atoms with Gasteiger partial charge in [-0.1, -0.05) is 84.0 Å². The molecule has 57 heavy (non-hydrogen) atoms. The number of benzene rings is 3. The Kier molecular flexibility index (Phi) is 11.7. The number of rotatable bonds is 14. The van der Waals surface area contributed by atoms with E-state index in [-0.39, 0.29) is 36.0 Å². The number of aryl methyl sites for hydroxylation is 2. The van der Waals surface area contributed by atoms with Crippen molar-refractivity contribution in [3.05, 3.63) is 113 Å². The first kappa shape index (κ1) is 40.4. The third kappa shape index (κ3) is 7.65. The second kappa shape index (κ2) is 16.6. The highest BCUT2D eigenvalue weighted by atomic mass is 28.3. The van der Waals surface area contributed by atoms with Crippen LogP contribution < -0.4 is 19.7 Å². The molecule has 1 saturated heterocycles. The predicted octanol–water partition coefficient (Wildman–Crippen LogP) is 7.78. The maximum absolute atomic E-state index is 15.5. The van der Waals surface area contributed by atoms with Crippen LogP contribution in [0.2, 0.25) is 18.6 Å². The van der Waals surface area contributed by atoms with E-state index in [2.05, 4.69) is 87.5 Å². The second-order valence-electron chi connectivity index (χ2n) is 16.7. The van der Waals surface area contributed by atoms with E-state index in [1.807, 2.05) is 63.1 Å². The maximum atomic E-state index is 15.5. The quantitative estimate of drug-likeness (QED) is 0.103. The average molecular weight is 788 g/mol. The Hall–Kier alpha value is -4.84. The van der Waals surface area contributed by atoms with Gasteiger partial charge >= 0.3 is 0 Å². The fourth-order valence-corrected chi connectivity index (χ4v) is 13.5. The van der Waals surface area contributed by atoms with Crippen LogP contribution in [-0.4, -0.2) is 66.4 Å². The van der Waals surface area contributed by atoms with E-state index < -0.39 is 13.7 Å². The van der Waals surface area contributed by atoms with Gasteiger partial charge < -0.3 is 19.5 Å². The highest BCUT2D eigenvalue weighted by Gasteiger charge is 2.66. The average Bonchev–Trinajstić information content (AvgIpc) is 3.85. The van der Waals surface area contributed by atoms with Crippen molar-refractivity contribution in [1.29, 1.82) is 0 Å². The van der Waals surface area contributed by atoms with Crippen LogP contribution in [0.15, 0.2) is 96.2 Å². The first-order valence-corrected chi connectivity index (χ1v) is 23.4. The highest BCUT2D eigenvalue weighted by Crippen LogP contribution is 2.60. The Labute approximate surface area is 338 Å². The molecule has 3 aliphatic heterocycles. The largest absolute Gasteiger partial charge is 0.497 e. The summed E-state index contributed by atoms with van der Waals surface area (Å²) in [6.07, 6.45) is 10.1. The highest BCUT2D eigenvalue weighted by molar-refractivity contribution is 6.91. The van der Waals surface area contributed by atoms with Gasteiger partial charge in [0.1, 0.15) is 5.75 Å².